The lowest BCUT2D eigenvalue weighted by Crippen LogP contribution is -2.26. The zero-order valence-electron chi connectivity index (χ0n) is 13.9. The Labute approximate surface area is 146 Å². The number of ether oxygens (including phenoxy) is 1. The fourth-order valence-corrected chi connectivity index (χ4v) is 2.69. The van der Waals surface area contributed by atoms with Crippen molar-refractivity contribution in [1.29, 1.82) is 0 Å². The van der Waals surface area contributed by atoms with Crippen molar-refractivity contribution in [2.24, 2.45) is 0 Å². The van der Waals surface area contributed by atoms with Crippen LogP contribution in [-0.2, 0) is 11.2 Å². The van der Waals surface area contributed by atoms with Gasteiger partial charge in [-0.05, 0) is 48.7 Å². The van der Waals surface area contributed by atoms with Crippen LogP contribution in [-0.4, -0.2) is 24.0 Å². The topological polar surface area (TPSA) is 54.1 Å². The molecule has 2 aromatic carbocycles. The molecule has 0 saturated carbocycles. The van der Waals surface area contributed by atoms with Gasteiger partial charge in [0.1, 0.15) is 11.6 Å². The Hall–Kier alpha value is -2.82. The van der Waals surface area contributed by atoms with Crippen LogP contribution in [0, 0.1) is 5.82 Å². The van der Waals surface area contributed by atoms with Gasteiger partial charge in [-0.15, -0.1) is 0 Å². The summed E-state index contributed by atoms with van der Waals surface area (Å²) in [5, 5.41) is 4.02. The Morgan fingerprint density at radius 3 is 2.72 bits per heavy atom. The summed E-state index contributed by atoms with van der Waals surface area (Å²) in [6.45, 7) is 1.16. The molecule has 0 atom stereocenters. The predicted octanol–water partition coefficient (Wildman–Crippen LogP) is 3.82. The summed E-state index contributed by atoms with van der Waals surface area (Å²) in [4.78, 5) is 15.2. The Morgan fingerprint density at radius 2 is 1.88 bits per heavy atom. The average Bonchev–Trinajstić information content (AvgIpc) is 3.02. The van der Waals surface area contributed by atoms with E-state index >= 15 is 0 Å². The lowest BCUT2D eigenvalue weighted by Gasteiger charge is -2.07. The summed E-state index contributed by atoms with van der Waals surface area (Å²) in [5.41, 5.74) is 2.05. The lowest BCUT2D eigenvalue weighted by molar-refractivity contribution is -0.120. The van der Waals surface area contributed by atoms with Gasteiger partial charge >= 0.3 is 0 Å². The van der Waals surface area contributed by atoms with Gasteiger partial charge in [-0.2, -0.15) is 0 Å². The number of rotatable bonds is 8. The number of para-hydroxylation sites is 1. The molecule has 0 radical (unpaired) electrons. The van der Waals surface area contributed by atoms with E-state index in [0.29, 0.717) is 25.3 Å². The van der Waals surface area contributed by atoms with Gasteiger partial charge in [-0.25, -0.2) is 4.39 Å². The predicted molar refractivity (Wildman–Crippen MR) is 96.1 cm³/mol. The molecule has 1 heterocycles. The smallest absolute Gasteiger partial charge is 0.224 e. The third kappa shape index (κ3) is 4.83. The molecule has 0 aliphatic carbocycles. The van der Waals surface area contributed by atoms with Gasteiger partial charge in [0.05, 0.1) is 13.0 Å². The molecule has 3 rings (SSSR count). The summed E-state index contributed by atoms with van der Waals surface area (Å²) in [6, 6.07) is 13.9. The lowest BCUT2D eigenvalue weighted by atomic mass is 10.1. The van der Waals surface area contributed by atoms with Crippen LogP contribution in [0.1, 0.15) is 18.4 Å². The summed E-state index contributed by atoms with van der Waals surface area (Å²) in [5.74, 6) is 0.402. The van der Waals surface area contributed by atoms with Crippen molar-refractivity contribution in [1.82, 2.24) is 10.3 Å². The number of aromatic amines is 1. The van der Waals surface area contributed by atoms with Crippen LogP contribution < -0.4 is 10.1 Å². The van der Waals surface area contributed by atoms with Crippen molar-refractivity contribution in [3.8, 4) is 5.75 Å². The van der Waals surface area contributed by atoms with Crippen molar-refractivity contribution >= 4 is 16.8 Å². The number of nitrogens with one attached hydrogen (secondary N) is 2. The zero-order valence-corrected chi connectivity index (χ0v) is 13.9. The highest BCUT2D eigenvalue weighted by Crippen LogP contribution is 2.18. The molecular formula is C20H21FN2O2. The molecular weight excluding hydrogens is 319 g/mol. The second-order valence-electron chi connectivity index (χ2n) is 5.90. The van der Waals surface area contributed by atoms with Crippen LogP contribution in [0.15, 0.2) is 54.7 Å². The normalized spacial score (nSPS) is 10.8. The second kappa shape index (κ2) is 8.33. The molecule has 0 aliphatic heterocycles. The van der Waals surface area contributed by atoms with Crippen LogP contribution >= 0.6 is 0 Å². The molecule has 0 saturated heterocycles. The molecule has 0 unspecified atom stereocenters. The number of amides is 1. The van der Waals surface area contributed by atoms with Crippen molar-refractivity contribution < 1.29 is 13.9 Å². The van der Waals surface area contributed by atoms with Gasteiger partial charge < -0.3 is 15.0 Å². The first-order chi connectivity index (χ1) is 12.2. The SMILES string of the molecule is O=C(Cc1c[nH]c2ccccc12)NCCCCOc1ccc(F)cc1. The van der Waals surface area contributed by atoms with E-state index in [2.05, 4.69) is 10.3 Å². The second-order valence-corrected chi connectivity index (χ2v) is 5.90. The quantitative estimate of drug-likeness (QED) is 0.613. The van der Waals surface area contributed by atoms with E-state index in [1.165, 1.54) is 12.1 Å². The maximum atomic E-state index is 12.8. The number of hydrogen-bond acceptors (Lipinski definition) is 2. The highest BCUT2D eigenvalue weighted by Gasteiger charge is 2.07. The first-order valence-electron chi connectivity index (χ1n) is 8.42. The Morgan fingerprint density at radius 1 is 1.08 bits per heavy atom. The maximum Gasteiger partial charge on any atom is 0.224 e. The number of benzene rings is 2. The van der Waals surface area contributed by atoms with Crippen LogP contribution in [0.5, 0.6) is 5.75 Å². The minimum Gasteiger partial charge on any atom is -0.494 e. The van der Waals surface area contributed by atoms with Gasteiger partial charge in [-0.3, -0.25) is 4.79 Å². The van der Waals surface area contributed by atoms with Gasteiger partial charge in [0.2, 0.25) is 5.91 Å². The third-order valence-corrected chi connectivity index (χ3v) is 4.00. The molecule has 2 N–H and O–H groups in total. The Balaban J connectivity index is 1.33. The van der Waals surface area contributed by atoms with E-state index in [9.17, 15) is 9.18 Å². The molecule has 0 fully saturated rings. The molecule has 1 amide bonds. The molecule has 0 aliphatic rings. The zero-order chi connectivity index (χ0) is 17.5. The summed E-state index contributed by atoms with van der Waals surface area (Å²) < 4.78 is 18.3. The number of H-pyrrole nitrogens is 1. The molecule has 4 nitrogen and oxygen atoms in total. The minimum atomic E-state index is -0.273. The number of hydrogen-bond donors (Lipinski definition) is 2. The molecule has 25 heavy (non-hydrogen) atoms. The fourth-order valence-electron chi connectivity index (χ4n) is 2.69. The van der Waals surface area contributed by atoms with Gasteiger partial charge in [0.25, 0.3) is 0 Å². The van der Waals surface area contributed by atoms with Crippen LogP contribution in [0.2, 0.25) is 0 Å². The number of fused-ring (bicyclic) bond motifs is 1. The Bertz CT molecular complexity index is 827. The molecule has 3 aromatic rings. The third-order valence-electron chi connectivity index (χ3n) is 4.00. The molecule has 0 bridgehead atoms. The number of carbonyl (C=O) groups excluding carboxylic acids is 1. The van der Waals surface area contributed by atoms with Crippen LogP contribution in [0.3, 0.4) is 0 Å². The molecule has 5 heteroatoms. The summed E-state index contributed by atoms with van der Waals surface area (Å²) in [7, 11) is 0. The average molecular weight is 340 g/mol. The number of carbonyl (C=O) groups is 1. The van der Waals surface area contributed by atoms with Crippen molar-refractivity contribution in [3.05, 3.63) is 66.1 Å². The molecule has 130 valence electrons. The van der Waals surface area contributed by atoms with Gasteiger partial charge in [-0.1, -0.05) is 18.2 Å². The number of unbranched alkanes of at least 4 members (excludes halogenated alkanes) is 1. The van der Waals surface area contributed by atoms with Gasteiger partial charge in [0, 0.05) is 23.6 Å². The summed E-state index contributed by atoms with van der Waals surface area (Å²) >= 11 is 0. The van der Waals surface area contributed by atoms with Crippen molar-refractivity contribution in [2.75, 3.05) is 13.2 Å². The maximum absolute atomic E-state index is 12.8. The number of aromatic nitrogens is 1. The largest absolute Gasteiger partial charge is 0.494 e. The first kappa shape index (κ1) is 17.0. The van der Waals surface area contributed by atoms with Gasteiger partial charge in [0.15, 0.2) is 0 Å². The minimum absolute atomic E-state index is 0.0178. The highest BCUT2D eigenvalue weighted by atomic mass is 19.1. The fraction of sp³-hybridized carbons (Fsp3) is 0.250. The van der Waals surface area contributed by atoms with E-state index in [1.807, 2.05) is 30.5 Å². The van der Waals surface area contributed by atoms with E-state index in [4.69, 9.17) is 4.74 Å². The molecule has 0 spiro atoms. The Kier molecular flexibility index (Phi) is 5.67. The first-order valence-corrected chi connectivity index (χ1v) is 8.42. The van der Waals surface area contributed by atoms with E-state index in [-0.39, 0.29) is 11.7 Å². The van der Waals surface area contributed by atoms with Crippen molar-refractivity contribution in [2.45, 2.75) is 19.3 Å². The van der Waals surface area contributed by atoms with E-state index < -0.39 is 0 Å². The number of halogens is 1. The van der Waals surface area contributed by atoms with Crippen LogP contribution in [0.25, 0.3) is 10.9 Å². The van der Waals surface area contributed by atoms with Crippen molar-refractivity contribution in [3.63, 3.8) is 0 Å². The molecule has 1 aromatic heterocycles. The van der Waals surface area contributed by atoms with E-state index in [0.717, 1.165) is 29.3 Å². The van der Waals surface area contributed by atoms with E-state index in [1.54, 1.807) is 12.1 Å². The highest BCUT2D eigenvalue weighted by molar-refractivity contribution is 5.88. The standard InChI is InChI=1S/C20H21FN2O2/c21-16-7-9-17(10-8-16)25-12-4-3-11-22-20(24)13-15-14-23-19-6-2-1-5-18(15)19/h1-2,5-10,14,23H,3-4,11-13H2,(H,22,24). The monoisotopic (exact) mass is 340 g/mol. The van der Waals surface area contributed by atoms with Crippen LogP contribution in [0.4, 0.5) is 4.39 Å². The summed E-state index contributed by atoms with van der Waals surface area (Å²) in [6.07, 6.45) is 3.92.